The molecule has 0 aromatic rings. The molecule has 2 N–H and O–H groups in total. The Labute approximate surface area is 151 Å². The van der Waals surface area contributed by atoms with Crippen molar-refractivity contribution in [2.45, 2.75) is 76.6 Å². The molecule has 1 saturated heterocycles. The van der Waals surface area contributed by atoms with E-state index < -0.39 is 0 Å². The summed E-state index contributed by atoms with van der Waals surface area (Å²) in [6.07, 6.45) is 9.77. The zero-order valence-corrected chi connectivity index (χ0v) is 15.6. The molecule has 0 bridgehead atoms. The average Bonchev–Trinajstić information content (AvgIpc) is 3.19. The standard InChI is InChI=1S/C21H34O4/c1-19-7-6-17-15(16(19)4-5-18(19)23)3-2-14-12-21(24-10-11-25-21)9-8-20(14,17)13-22/h14-18,22-23H,2-13H2,1H3. The van der Waals surface area contributed by atoms with Crippen molar-refractivity contribution < 1.29 is 19.7 Å². The molecule has 7 atom stereocenters. The van der Waals surface area contributed by atoms with Gasteiger partial charge in [-0.25, -0.2) is 0 Å². The van der Waals surface area contributed by atoms with Gasteiger partial charge >= 0.3 is 0 Å². The van der Waals surface area contributed by atoms with Crippen LogP contribution in [0.25, 0.3) is 0 Å². The summed E-state index contributed by atoms with van der Waals surface area (Å²) >= 11 is 0. The van der Waals surface area contributed by atoms with Crippen molar-refractivity contribution >= 4 is 0 Å². The van der Waals surface area contributed by atoms with Crippen LogP contribution >= 0.6 is 0 Å². The number of aliphatic hydroxyl groups is 2. The van der Waals surface area contributed by atoms with E-state index in [4.69, 9.17) is 9.47 Å². The van der Waals surface area contributed by atoms with E-state index in [1.54, 1.807) is 0 Å². The molecular weight excluding hydrogens is 316 g/mol. The second kappa shape index (κ2) is 5.67. The molecule has 0 amide bonds. The van der Waals surface area contributed by atoms with Gasteiger partial charge in [-0.3, -0.25) is 0 Å². The maximum atomic E-state index is 10.6. The fraction of sp³-hybridized carbons (Fsp3) is 1.00. The quantitative estimate of drug-likeness (QED) is 0.763. The smallest absolute Gasteiger partial charge is 0.168 e. The molecule has 0 aromatic carbocycles. The molecule has 1 aliphatic heterocycles. The van der Waals surface area contributed by atoms with Crippen molar-refractivity contribution in [3.63, 3.8) is 0 Å². The third kappa shape index (κ3) is 2.20. The zero-order chi connectivity index (χ0) is 17.3. The largest absolute Gasteiger partial charge is 0.396 e. The van der Waals surface area contributed by atoms with E-state index in [-0.39, 0.29) is 22.7 Å². The first-order valence-corrected chi connectivity index (χ1v) is 10.6. The topological polar surface area (TPSA) is 58.9 Å². The van der Waals surface area contributed by atoms with E-state index in [1.807, 2.05) is 0 Å². The first-order valence-electron chi connectivity index (χ1n) is 10.6. The molecule has 4 aliphatic carbocycles. The summed E-state index contributed by atoms with van der Waals surface area (Å²) in [6, 6.07) is 0. The molecule has 4 nitrogen and oxygen atoms in total. The first kappa shape index (κ1) is 17.0. The molecule has 1 heterocycles. The minimum absolute atomic E-state index is 0.0678. The Bertz CT molecular complexity index is 530. The number of rotatable bonds is 1. The predicted molar refractivity (Wildman–Crippen MR) is 93.8 cm³/mol. The second-order valence-corrected chi connectivity index (χ2v) is 9.99. The Balaban J connectivity index is 1.44. The first-order chi connectivity index (χ1) is 12.0. The van der Waals surface area contributed by atoms with Gasteiger partial charge in [-0.05, 0) is 79.4 Å². The van der Waals surface area contributed by atoms with Gasteiger partial charge in [0.05, 0.1) is 19.3 Å². The van der Waals surface area contributed by atoms with Crippen molar-refractivity contribution in [3.05, 3.63) is 0 Å². The lowest BCUT2D eigenvalue weighted by atomic mass is 9.44. The zero-order valence-electron chi connectivity index (χ0n) is 15.6. The van der Waals surface area contributed by atoms with Crippen LogP contribution in [-0.4, -0.2) is 41.9 Å². The van der Waals surface area contributed by atoms with Gasteiger partial charge in [-0.1, -0.05) is 6.92 Å². The molecule has 0 aromatic heterocycles. The second-order valence-electron chi connectivity index (χ2n) is 9.99. The molecule has 4 heteroatoms. The summed E-state index contributed by atoms with van der Waals surface area (Å²) in [5, 5.41) is 21.2. The number of ether oxygens (including phenoxy) is 2. The van der Waals surface area contributed by atoms with E-state index >= 15 is 0 Å². The highest BCUT2D eigenvalue weighted by atomic mass is 16.7. The van der Waals surface area contributed by atoms with Gasteiger partial charge in [-0.2, -0.15) is 0 Å². The van der Waals surface area contributed by atoms with Crippen LogP contribution < -0.4 is 0 Å². The van der Waals surface area contributed by atoms with Crippen LogP contribution in [0.3, 0.4) is 0 Å². The molecule has 7 unspecified atom stereocenters. The minimum Gasteiger partial charge on any atom is -0.396 e. The fourth-order valence-electron chi connectivity index (χ4n) is 8.04. The van der Waals surface area contributed by atoms with Gasteiger partial charge in [0, 0.05) is 19.4 Å². The Morgan fingerprint density at radius 1 is 0.920 bits per heavy atom. The van der Waals surface area contributed by atoms with Crippen molar-refractivity contribution in [1.29, 1.82) is 0 Å². The fourth-order valence-corrected chi connectivity index (χ4v) is 8.04. The van der Waals surface area contributed by atoms with E-state index in [0.717, 1.165) is 45.3 Å². The summed E-state index contributed by atoms with van der Waals surface area (Å²) in [5.41, 5.74) is 0.191. The molecule has 0 radical (unpaired) electrons. The maximum absolute atomic E-state index is 10.6. The van der Waals surface area contributed by atoms with Crippen LogP contribution in [0.5, 0.6) is 0 Å². The number of fused-ring (bicyclic) bond motifs is 5. The number of hydrogen-bond donors (Lipinski definition) is 2. The van der Waals surface area contributed by atoms with Gasteiger partial charge in [0.15, 0.2) is 5.79 Å². The lowest BCUT2D eigenvalue weighted by Crippen LogP contribution is -2.58. The van der Waals surface area contributed by atoms with Crippen LogP contribution in [0.4, 0.5) is 0 Å². The van der Waals surface area contributed by atoms with Crippen molar-refractivity contribution in [1.82, 2.24) is 0 Å². The molecule has 142 valence electrons. The molecule has 1 spiro atoms. The van der Waals surface area contributed by atoms with Crippen LogP contribution in [0, 0.1) is 34.5 Å². The van der Waals surface area contributed by atoms with Gasteiger partial charge in [0.1, 0.15) is 0 Å². The van der Waals surface area contributed by atoms with Gasteiger partial charge < -0.3 is 19.7 Å². The summed E-state index contributed by atoms with van der Waals surface area (Å²) in [5.74, 6) is 2.15. The average molecular weight is 350 g/mol. The van der Waals surface area contributed by atoms with E-state index in [9.17, 15) is 10.2 Å². The van der Waals surface area contributed by atoms with Crippen molar-refractivity contribution in [3.8, 4) is 0 Å². The Kier molecular flexibility index (Phi) is 3.85. The SMILES string of the molecule is CC12CCC3C(CCC4CC5(CCC43CO)OCCO5)C1CCC2O. The van der Waals surface area contributed by atoms with Gasteiger partial charge in [-0.15, -0.1) is 0 Å². The summed E-state index contributed by atoms with van der Waals surface area (Å²) in [7, 11) is 0. The highest BCUT2D eigenvalue weighted by Gasteiger charge is 2.63. The number of aliphatic hydroxyl groups excluding tert-OH is 2. The lowest BCUT2D eigenvalue weighted by Gasteiger charge is -2.62. The minimum atomic E-state index is -0.344. The number of hydrogen-bond acceptors (Lipinski definition) is 4. The third-order valence-electron chi connectivity index (χ3n) is 9.42. The molecule has 4 saturated carbocycles. The lowest BCUT2D eigenvalue weighted by molar-refractivity contribution is -0.240. The van der Waals surface area contributed by atoms with Gasteiger partial charge in [0.2, 0.25) is 0 Å². The molecule has 25 heavy (non-hydrogen) atoms. The van der Waals surface area contributed by atoms with Crippen LogP contribution in [0.1, 0.15) is 64.7 Å². The molecule has 5 fully saturated rings. The maximum Gasteiger partial charge on any atom is 0.168 e. The Morgan fingerprint density at radius 2 is 1.72 bits per heavy atom. The molecule has 5 aliphatic rings. The summed E-state index contributed by atoms with van der Waals surface area (Å²) in [6.45, 7) is 4.10. The van der Waals surface area contributed by atoms with E-state index in [0.29, 0.717) is 30.3 Å². The van der Waals surface area contributed by atoms with Crippen LogP contribution in [-0.2, 0) is 9.47 Å². The molecule has 5 rings (SSSR count). The third-order valence-corrected chi connectivity index (χ3v) is 9.42. The summed E-state index contributed by atoms with van der Waals surface area (Å²) in [4.78, 5) is 0. The Hall–Kier alpha value is -0.160. The van der Waals surface area contributed by atoms with Crippen molar-refractivity contribution in [2.75, 3.05) is 19.8 Å². The Morgan fingerprint density at radius 3 is 2.48 bits per heavy atom. The van der Waals surface area contributed by atoms with Crippen molar-refractivity contribution in [2.24, 2.45) is 34.5 Å². The summed E-state index contributed by atoms with van der Waals surface area (Å²) < 4.78 is 12.0. The highest BCUT2D eigenvalue weighted by Crippen LogP contribution is 2.67. The predicted octanol–water partition coefficient (Wildman–Crippen LogP) is 3.11. The molecular formula is C21H34O4. The van der Waals surface area contributed by atoms with E-state index in [1.165, 1.54) is 25.7 Å². The van der Waals surface area contributed by atoms with Crippen LogP contribution in [0.15, 0.2) is 0 Å². The highest BCUT2D eigenvalue weighted by molar-refractivity contribution is 5.11. The van der Waals surface area contributed by atoms with Crippen LogP contribution in [0.2, 0.25) is 0 Å². The van der Waals surface area contributed by atoms with E-state index in [2.05, 4.69) is 6.92 Å². The monoisotopic (exact) mass is 350 g/mol. The van der Waals surface area contributed by atoms with Gasteiger partial charge in [0.25, 0.3) is 0 Å². The normalized spacial score (nSPS) is 54.1.